The van der Waals surface area contributed by atoms with Crippen molar-refractivity contribution in [2.24, 2.45) is 0 Å². The van der Waals surface area contributed by atoms with Crippen LogP contribution in [0.5, 0.6) is 0 Å². The van der Waals surface area contributed by atoms with Gasteiger partial charge in [-0.2, -0.15) is 4.68 Å². The Hall–Kier alpha value is -13.9. The Morgan fingerprint density at radius 3 is 0.951 bits per heavy atom. The number of rotatable bonds is 9. The smallest absolute Gasteiger partial charge is 0.282 e. The zero-order valence-electron chi connectivity index (χ0n) is 55.0. The molecular weight excluding hydrogens is 1240 g/mol. The normalized spacial score (nSPS) is 12.1. The second-order valence-corrected chi connectivity index (χ2v) is 26.6. The van der Waals surface area contributed by atoms with Crippen molar-refractivity contribution >= 4 is 131 Å². The summed E-state index contributed by atoms with van der Waals surface area (Å²) in [5.41, 5.74) is 19.6. The lowest BCUT2D eigenvalue weighted by Gasteiger charge is -2.28. The lowest BCUT2D eigenvalue weighted by molar-refractivity contribution is -0.708. The molecule has 0 aliphatic carbocycles. The van der Waals surface area contributed by atoms with Crippen molar-refractivity contribution in [3.8, 4) is 62.6 Å². The molecule has 0 bridgehead atoms. The molecule has 0 N–H and O–H groups in total. The molecule has 0 aliphatic rings. The molecule has 9 heteroatoms. The van der Waals surface area contributed by atoms with E-state index in [9.17, 15) is 0 Å². The predicted octanol–water partition coefficient (Wildman–Crippen LogP) is 22.7. The number of nitrogens with zero attached hydrogens (tertiary/aromatic N) is 9. The molecule has 0 saturated carbocycles. The van der Waals surface area contributed by atoms with Gasteiger partial charge < -0.3 is 13.7 Å². The quantitative estimate of drug-likeness (QED) is 0.135. The summed E-state index contributed by atoms with van der Waals surface area (Å²) in [5, 5.41) is 13.5. The van der Waals surface area contributed by atoms with E-state index >= 15 is 0 Å². The van der Waals surface area contributed by atoms with Crippen LogP contribution >= 0.6 is 0 Å². The van der Waals surface area contributed by atoms with Crippen LogP contribution in [0.2, 0.25) is 0 Å². The Morgan fingerprint density at radius 2 is 0.539 bits per heavy atom. The highest BCUT2D eigenvalue weighted by Crippen LogP contribution is 2.50. The van der Waals surface area contributed by atoms with Crippen molar-refractivity contribution < 1.29 is 4.68 Å². The van der Waals surface area contributed by atoms with Crippen molar-refractivity contribution in [2.45, 2.75) is 0 Å². The van der Waals surface area contributed by atoms with E-state index < -0.39 is 0 Å². The van der Waals surface area contributed by atoms with E-state index in [-0.39, 0.29) is 0 Å². The lowest BCUT2D eigenvalue weighted by Crippen LogP contribution is -2.51. The topological polar surface area (TPSA) is 59.2 Å². The molecule has 14 aromatic carbocycles. The molecule has 22 aromatic rings. The van der Waals surface area contributed by atoms with Crippen molar-refractivity contribution in [3.05, 3.63) is 352 Å². The van der Waals surface area contributed by atoms with Crippen molar-refractivity contribution in [3.63, 3.8) is 0 Å². The van der Waals surface area contributed by atoms with Crippen LogP contribution in [-0.2, 0) is 0 Å². The highest BCUT2D eigenvalue weighted by atomic mass is 15.5. The van der Waals surface area contributed by atoms with E-state index in [1.165, 1.54) is 10.8 Å². The molecule has 22 rings (SSSR count). The Morgan fingerprint density at radius 1 is 0.225 bits per heavy atom. The van der Waals surface area contributed by atoms with Gasteiger partial charge in [0.25, 0.3) is 11.6 Å². The van der Waals surface area contributed by atoms with E-state index in [1.54, 1.807) is 0 Å². The molecule has 0 radical (unpaired) electrons. The molecule has 0 fully saturated rings. The van der Waals surface area contributed by atoms with E-state index in [0.29, 0.717) is 5.82 Å². The van der Waals surface area contributed by atoms with Crippen LogP contribution in [0.15, 0.2) is 352 Å². The van der Waals surface area contributed by atoms with Crippen LogP contribution in [0.4, 0.5) is 0 Å². The number of benzene rings is 14. The Labute approximate surface area is 583 Å². The van der Waals surface area contributed by atoms with Gasteiger partial charge in [0.1, 0.15) is 33.4 Å². The molecule has 0 amide bonds. The highest BCUT2D eigenvalue weighted by Gasteiger charge is 2.42. The SMILES string of the molecule is c1ccc(-c2cc(-c3c(-n4c5ccccc5c5ccccc54)c(-n4c5ccccc5c5ccccc54)[n+](-n4c5ccccc5c5c6c(ccc54)c4ccccc4n6-c4ccccc4)c(-n4c5ccccc5c5ccccc54)c3-n3c4ccccc4c4ccccc43)nc(-c3ccccc3)n2)cc1. The molecular formula is C93H58N9+. The maximum absolute atomic E-state index is 6.17. The van der Waals surface area contributed by atoms with E-state index in [0.717, 1.165) is 177 Å². The second kappa shape index (κ2) is 21.8. The van der Waals surface area contributed by atoms with Crippen LogP contribution in [0.1, 0.15) is 0 Å². The van der Waals surface area contributed by atoms with Gasteiger partial charge >= 0.3 is 0 Å². The van der Waals surface area contributed by atoms with Gasteiger partial charge in [-0.05, 0) is 91.0 Å². The summed E-state index contributed by atoms with van der Waals surface area (Å²) < 4.78 is 18.0. The van der Waals surface area contributed by atoms with Gasteiger partial charge in [0.05, 0.1) is 61.1 Å². The van der Waals surface area contributed by atoms with E-state index in [2.05, 4.69) is 384 Å². The maximum Gasteiger partial charge on any atom is 0.282 e. The largest absolute Gasteiger partial charge is 0.309 e. The fraction of sp³-hybridized carbons (Fsp3) is 0. The van der Waals surface area contributed by atoms with Crippen LogP contribution in [-0.4, -0.2) is 37.5 Å². The molecule has 0 saturated heterocycles. The molecule has 102 heavy (non-hydrogen) atoms. The fourth-order valence-corrected chi connectivity index (χ4v) is 17.1. The molecule has 0 aliphatic heterocycles. The first kappa shape index (κ1) is 56.2. The molecule has 0 unspecified atom stereocenters. The monoisotopic (exact) mass is 1300 g/mol. The Bertz CT molecular complexity index is 6720. The van der Waals surface area contributed by atoms with Crippen LogP contribution < -0.4 is 4.68 Å². The zero-order chi connectivity index (χ0) is 66.7. The van der Waals surface area contributed by atoms with Gasteiger partial charge in [-0.1, -0.05) is 261 Å². The molecule has 9 nitrogen and oxygen atoms in total. The number of para-hydroxylation sites is 11. The number of hydrogen-bond donors (Lipinski definition) is 0. The minimum absolute atomic E-state index is 0.599. The maximum atomic E-state index is 6.17. The highest BCUT2D eigenvalue weighted by molar-refractivity contribution is 6.26. The molecule has 8 heterocycles. The minimum atomic E-state index is 0.599. The van der Waals surface area contributed by atoms with Crippen molar-refractivity contribution in [2.75, 3.05) is 0 Å². The average molecular weight is 1300 g/mol. The predicted molar refractivity (Wildman–Crippen MR) is 420 cm³/mol. The third-order valence-corrected chi connectivity index (χ3v) is 21.2. The average Bonchev–Trinajstić information content (AvgIpc) is 1.40. The second-order valence-electron chi connectivity index (χ2n) is 26.6. The summed E-state index contributed by atoms with van der Waals surface area (Å²) in [6.07, 6.45) is 0. The first-order valence-corrected chi connectivity index (χ1v) is 34.8. The van der Waals surface area contributed by atoms with Crippen molar-refractivity contribution in [1.82, 2.24) is 37.5 Å². The van der Waals surface area contributed by atoms with Gasteiger partial charge in [-0.25, -0.2) is 19.1 Å². The van der Waals surface area contributed by atoms with Crippen LogP contribution in [0, 0.1) is 0 Å². The standard InChI is InChI=1S/C93H58N9/c1-4-30-59(31-5-1)73-58-74(95-91(94-73)60-32-6-2-7-33-60)87-89(97-76-47-21-10-36-62(76)63-37-11-22-48-77(63)97)92(99-80-51-25-14-40-66(80)67-41-15-26-52-81(67)99)102(101-84-55-29-19-45-72(84)86-85(101)57-56-71-70-44-18-20-46-75(70)96(88(71)86)61-34-8-3-9-35-61)93(100-82-53-27-16-42-68(82)69-43-17-28-54-83(69)100)90(87)98-78-49-23-12-38-64(78)65-39-13-24-50-79(65)98/h1-58H/q+1. The summed E-state index contributed by atoms with van der Waals surface area (Å²) in [6, 6.07) is 129. The van der Waals surface area contributed by atoms with E-state index in [4.69, 9.17) is 9.97 Å². The number of hydrogen-bond acceptors (Lipinski definition) is 2. The Balaban J connectivity index is 1.11. The first-order valence-electron chi connectivity index (χ1n) is 34.8. The van der Waals surface area contributed by atoms with E-state index in [1.807, 2.05) is 0 Å². The summed E-state index contributed by atoms with van der Waals surface area (Å²) in [4.78, 5) is 11.8. The first-order chi connectivity index (χ1) is 50.7. The number of fused-ring (bicyclic) bond motifs is 19. The summed E-state index contributed by atoms with van der Waals surface area (Å²) >= 11 is 0. The Kier molecular flexibility index (Phi) is 12.0. The van der Waals surface area contributed by atoms with Gasteiger partial charge in [0.15, 0.2) is 5.82 Å². The van der Waals surface area contributed by atoms with Gasteiger partial charge in [0, 0.05) is 81.4 Å². The fourth-order valence-electron chi connectivity index (χ4n) is 17.1. The van der Waals surface area contributed by atoms with Gasteiger partial charge in [0.2, 0.25) is 0 Å². The molecule has 0 spiro atoms. The van der Waals surface area contributed by atoms with Crippen LogP contribution in [0.25, 0.3) is 193 Å². The number of pyridine rings is 1. The summed E-state index contributed by atoms with van der Waals surface area (Å²) in [5.74, 6) is 2.33. The molecule has 0 atom stereocenters. The van der Waals surface area contributed by atoms with Gasteiger partial charge in [-0.15, -0.1) is 4.68 Å². The summed E-state index contributed by atoms with van der Waals surface area (Å²) in [7, 11) is 0. The van der Waals surface area contributed by atoms with Gasteiger partial charge in [-0.3, -0.25) is 0 Å². The molecule has 8 aromatic heterocycles. The lowest BCUT2D eigenvalue weighted by atomic mass is 10.0. The third kappa shape index (κ3) is 7.89. The van der Waals surface area contributed by atoms with Crippen LogP contribution in [0.3, 0.4) is 0 Å². The minimum Gasteiger partial charge on any atom is -0.309 e. The van der Waals surface area contributed by atoms with Crippen molar-refractivity contribution in [1.29, 1.82) is 0 Å². The zero-order valence-corrected chi connectivity index (χ0v) is 55.0. The summed E-state index contributed by atoms with van der Waals surface area (Å²) in [6.45, 7) is 0. The molecule has 474 valence electrons. The third-order valence-electron chi connectivity index (χ3n) is 21.2. The number of aromatic nitrogens is 9.